The summed E-state index contributed by atoms with van der Waals surface area (Å²) in [6.45, 7) is 5.92. The molecule has 1 heterocycles. The van der Waals surface area contributed by atoms with Gasteiger partial charge in [0.2, 0.25) is 11.7 Å². The molecule has 3 rings (SSSR count). The average Bonchev–Trinajstić information content (AvgIpc) is 3.12. The van der Waals surface area contributed by atoms with Crippen molar-refractivity contribution in [2.75, 3.05) is 7.05 Å². The fraction of sp³-hybridized carbons (Fsp3) is 0.286. The van der Waals surface area contributed by atoms with Crippen molar-refractivity contribution >= 4 is 5.91 Å². The fourth-order valence-electron chi connectivity index (χ4n) is 2.66. The van der Waals surface area contributed by atoms with Gasteiger partial charge in [-0.1, -0.05) is 53.2 Å². The highest BCUT2D eigenvalue weighted by Gasteiger charge is 2.22. The number of nitrogens with zero attached hydrogens (tertiary/aromatic N) is 3. The van der Waals surface area contributed by atoms with Crippen molar-refractivity contribution in [1.29, 1.82) is 0 Å². The van der Waals surface area contributed by atoms with Crippen LogP contribution in [0.2, 0.25) is 0 Å². The Hall–Kier alpha value is -3.15. The van der Waals surface area contributed by atoms with Crippen LogP contribution >= 0.6 is 0 Å². The van der Waals surface area contributed by atoms with Crippen LogP contribution in [-0.2, 0) is 11.3 Å². The number of amides is 1. The fourth-order valence-corrected chi connectivity index (χ4v) is 2.66. The summed E-state index contributed by atoms with van der Waals surface area (Å²) in [6, 6.07) is 15.5. The number of hydrogen-bond donors (Lipinski definition) is 0. The van der Waals surface area contributed by atoms with Crippen LogP contribution in [0.4, 0.5) is 0 Å². The van der Waals surface area contributed by atoms with E-state index in [1.54, 1.807) is 14.0 Å². The molecule has 1 aromatic heterocycles. The van der Waals surface area contributed by atoms with E-state index in [0.717, 1.165) is 16.7 Å². The number of carbonyl (C=O) groups excluding carboxylic acids is 1. The quantitative estimate of drug-likeness (QED) is 0.665. The third-order valence-electron chi connectivity index (χ3n) is 4.27. The molecule has 27 heavy (non-hydrogen) atoms. The van der Waals surface area contributed by atoms with Gasteiger partial charge in [-0.3, -0.25) is 4.79 Å². The lowest BCUT2D eigenvalue weighted by Gasteiger charge is -2.21. The van der Waals surface area contributed by atoms with Crippen molar-refractivity contribution in [3.05, 3.63) is 65.5 Å². The molecule has 0 aliphatic carbocycles. The Morgan fingerprint density at radius 1 is 1.15 bits per heavy atom. The second-order valence-electron chi connectivity index (χ2n) is 6.60. The zero-order valence-corrected chi connectivity index (χ0v) is 16.0. The van der Waals surface area contributed by atoms with E-state index in [0.29, 0.717) is 17.5 Å². The molecule has 0 saturated carbocycles. The smallest absolute Gasteiger partial charge is 0.263 e. The molecule has 0 spiro atoms. The van der Waals surface area contributed by atoms with Crippen LogP contribution in [0.5, 0.6) is 5.75 Å². The zero-order valence-electron chi connectivity index (χ0n) is 16.0. The number of aryl methyl sites for hydroxylation is 2. The maximum absolute atomic E-state index is 12.6. The second kappa shape index (κ2) is 8.03. The van der Waals surface area contributed by atoms with Gasteiger partial charge in [0.25, 0.3) is 5.91 Å². The number of aromatic nitrogens is 2. The largest absolute Gasteiger partial charge is 0.481 e. The lowest BCUT2D eigenvalue weighted by atomic mass is 10.1. The highest BCUT2D eigenvalue weighted by atomic mass is 16.5. The Bertz CT molecular complexity index is 918. The first-order valence-corrected chi connectivity index (χ1v) is 8.81. The minimum absolute atomic E-state index is 0.159. The number of rotatable bonds is 6. The minimum Gasteiger partial charge on any atom is -0.481 e. The summed E-state index contributed by atoms with van der Waals surface area (Å²) in [7, 11) is 1.69. The predicted molar refractivity (Wildman–Crippen MR) is 102 cm³/mol. The standard InChI is InChI=1S/C21H23N3O3/c1-14-9-11-17(12-10-14)20-22-19(27-23-20)13-24(4)21(25)16(3)26-18-8-6-5-7-15(18)2/h5-12,16H,13H2,1-4H3. The van der Waals surface area contributed by atoms with E-state index >= 15 is 0 Å². The molecule has 2 aromatic carbocycles. The van der Waals surface area contributed by atoms with Crippen molar-refractivity contribution < 1.29 is 14.1 Å². The Balaban J connectivity index is 1.63. The molecule has 6 nitrogen and oxygen atoms in total. The molecule has 0 fully saturated rings. The Kier molecular flexibility index (Phi) is 5.54. The molecule has 0 saturated heterocycles. The van der Waals surface area contributed by atoms with Gasteiger partial charge in [-0.05, 0) is 32.4 Å². The maximum atomic E-state index is 12.6. The molecule has 0 radical (unpaired) electrons. The molecule has 140 valence electrons. The van der Waals surface area contributed by atoms with Crippen molar-refractivity contribution in [3.8, 4) is 17.1 Å². The van der Waals surface area contributed by atoms with E-state index in [1.165, 1.54) is 4.90 Å². The van der Waals surface area contributed by atoms with E-state index in [2.05, 4.69) is 10.1 Å². The predicted octanol–water partition coefficient (Wildman–Crippen LogP) is 3.78. The lowest BCUT2D eigenvalue weighted by molar-refractivity contribution is -0.137. The summed E-state index contributed by atoms with van der Waals surface area (Å²) in [5.41, 5.74) is 3.02. The average molecular weight is 365 g/mol. The summed E-state index contributed by atoms with van der Waals surface area (Å²) in [6.07, 6.45) is -0.615. The minimum atomic E-state index is -0.615. The number of hydrogen-bond acceptors (Lipinski definition) is 5. The van der Waals surface area contributed by atoms with E-state index in [-0.39, 0.29) is 12.5 Å². The van der Waals surface area contributed by atoms with Crippen molar-refractivity contribution in [2.24, 2.45) is 0 Å². The molecule has 0 N–H and O–H groups in total. The molecular weight excluding hydrogens is 342 g/mol. The van der Waals surface area contributed by atoms with Crippen molar-refractivity contribution in [3.63, 3.8) is 0 Å². The summed E-state index contributed by atoms with van der Waals surface area (Å²) in [4.78, 5) is 18.5. The van der Waals surface area contributed by atoms with Gasteiger partial charge in [0, 0.05) is 12.6 Å². The molecule has 0 aliphatic heterocycles. The van der Waals surface area contributed by atoms with Gasteiger partial charge in [0.15, 0.2) is 6.10 Å². The first-order chi connectivity index (χ1) is 12.9. The van der Waals surface area contributed by atoms with E-state index in [1.807, 2.05) is 62.4 Å². The molecular formula is C21H23N3O3. The van der Waals surface area contributed by atoms with Gasteiger partial charge in [-0.2, -0.15) is 4.98 Å². The summed E-state index contributed by atoms with van der Waals surface area (Å²) >= 11 is 0. The highest BCUT2D eigenvalue weighted by molar-refractivity contribution is 5.80. The molecule has 1 atom stereocenters. The number of carbonyl (C=O) groups is 1. The molecule has 1 amide bonds. The monoisotopic (exact) mass is 365 g/mol. The van der Waals surface area contributed by atoms with Crippen LogP contribution in [0.3, 0.4) is 0 Å². The number of ether oxygens (including phenoxy) is 1. The summed E-state index contributed by atoms with van der Waals surface area (Å²) in [5, 5.41) is 4.00. The van der Waals surface area contributed by atoms with Gasteiger partial charge >= 0.3 is 0 Å². The van der Waals surface area contributed by atoms with Gasteiger partial charge in [0.1, 0.15) is 5.75 Å². The van der Waals surface area contributed by atoms with Crippen molar-refractivity contribution in [2.45, 2.75) is 33.4 Å². The van der Waals surface area contributed by atoms with Gasteiger partial charge in [-0.15, -0.1) is 0 Å². The molecule has 1 unspecified atom stereocenters. The van der Waals surface area contributed by atoms with Crippen molar-refractivity contribution in [1.82, 2.24) is 15.0 Å². The first-order valence-electron chi connectivity index (χ1n) is 8.81. The number of benzene rings is 2. The first kappa shape index (κ1) is 18.6. The normalized spacial score (nSPS) is 11.9. The Morgan fingerprint density at radius 3 is 2.56 bits per heavy atom. The molecule has 0 bridgehead atoms. The van der Waals surface area contributed by atoms with Gasteiger partial charge in [-0.25, -0.2) is 0 Å². The van der Waals surface area contributed by atoms with Gasteiger partial charge < -0.3 is 14.2 Å². The topological polar surface area (TPSA) is 68.5 Å². The maximum Gasteiger partial charge on any atom is 0.263 e. The molecule has 6 heteroatoms. The van der Waals surface area contributed by atoms with Crippen LogP contribution in [0.25, 0.3) is 11.4 Å². The molecule has 3 aromatic rings. The van der Waals surface area contributed by atoms with E-state index < -0.39 is 6.10 Å². The zero-order chi connectivity index (χ0) is 19.4. The van der Waals surface area contributed by atoms with Crippen LogP contribution in [0, 0.1) is 13.8 Å². The Labute approximate surface area is 158 Å². The third-order valence-corrected chi connectivity index (χ3v) is 4.27. The number of likely N-dealkylation sites (N-methyl/N-ethyl adjacent to an activating group) is 1. The summed E-state index contributed by atoms with van der Waals surface area (Å²) < 4.78 is 11.1. The third kappa shape index (κ3) is 4.53. The van der Waals surface area contributed by atoms with Crippen LogP contribution in [0.15, 0.2) is 53.1 Å². The second-order valence-corrected chi connectivity index (χ2v) is 6.60. The lowest BCUT2D eigenvalue weighted by Crippen LogP contribution is -2.37. The van der Waals surface area contributed by atoms with E-state index in [9.17, 15) is 4.79 Å². The van der Waals surface area contributed by atoms with Crippen LogP contribution in [-0.4, -0.2) is 34.1 Å². The SMILES string of the molecule is Cc1ccc(-c2noc(CN(C)C(=O)C(C)Oc3ccccc3C)n2)cc1. The summed E-state index contributed by atoms with van der Waals surface area (Å²) in [5.74, 6) is 1.43. The van der Waals surface area contributed by atoms with Gasteiger partial charge in [0.05, 0.1) is 6.54 Å². The van der Waals surface area contributed by atoms with Crippen LogP contribution in [0.1, 0.15) is 23.9 Å². The van der Waals surface area contributed by atoms with E-state index in [4.69, 9.17) is 9.26 Å². The molecule has 0 aliphatic rings. The van der Waals surface area contributed by atoms with Crippen LogP contribution < -0.4 is 4.74 Å². The Morgan fingerprint density at radius 2 is 1.85 bits per heavy atom. The number of para-hydroxylation sites is 1. The highest BCUT2D eigenvalue weighted by Crippen LogP contribution is 2.19.